The number of halogens is 1. The van der Waals surface area contributed by atoms with Crippen molar-refractivity contribution in [3.05, 3.63) is 35.6 Å². The predicted octanol–water partition coefficient (Wildman–Crippen LogP) is 2.79. The SMILES string of the molecule is O=C(N1CCC(c2ccc(F)cc2)CC1)C1(O)CCSCC1. The van der Waals surface area contributed by atoms with Gasteiger partial charge in [0.15, 0.2) is 0 Å². The summed E-state index contributed by atoms with van der Waals surface area (Å²) in [5.74, 6) is 1.78. The first kappa shape index (κ1) is 15.8. The summed E-state index contributed by atoms with van der Waals surface area (Å²) in [7, 11) is 0. The van der Waals surface area contributed by atoms with Gasteiger partial charge in [-0.05, 0) is 60.8 Å². The number of likely N-dealkylation sites (tertiary alicyclic amines) is 1. The standard InChI is InChI=1S/C17H22FNO2S/c18-15-3-1-13(2-4-15)14-5-9-19(10-6-14)16(20)17(21)7-11-22-12-8-17/h1-4,14,21H,5-12H2. The molecule has 3 rings (SSSR count). The molecular formula is C17H22FNO2S. The first-order valence-electron chi connectivity index (χ1n) is 7.93. The summed E-state index contributed by atoms with van der Waals surface area (Å²) in [6.45, 7) is 1.35. The van der Waals surface area contributed by atoms with Crippen molar-refractivity contribution in [3.63, 3.8) is 0 Å². The van der Waals surface area contributed by atoms with Gasteiger partial charge in [-0.25, -0.2) is 4.39 Å². The Morgan fingerprint density at radius 2 is 1.77 bits per heavy atom. The quantitative estimate of drug-likeness (QED) is 0.910. The maximum absolute atomic E-state index is 13.0. The zero-order chi connectivity index (χ0) is 15.6. The van der Waals surface area contributed by atoms with Gasteiger partial charge in [-0.3, -0.25) is 4.79 Å². The number of piperidine rings is 1. The number of carbonyl (C=O) groups excluding carboxylic acids is 1. The molecule has 0 radical (unpaired) electrons. The molecule has 2 saturated heterocycles. The molecule has 5 heteroatoms. The van der Waals surface area contributed by atoms with Crippen LogP contribution in [-0.4, -0.2) is 46.1 Å². The Balaban J connectivity index is 1.59. The van der Waals surface area contributed by atoms with Crippen molar-refractivity contribution in [2.45, 2.75) is 37.2 Å². The molecule has 1 aromatic carbocycles. The van der Waals surface area contributed by atoms with E-state index in [4.69, 9.17) is 0 Å². The third-order valence-electron chi connectivity index (χ3n) is 4.84. The Morgan fingerprint density at radius 1 is 1.18 bits per heavy atom. The van der Waals surface area contributed by atoms with Crippen LogP contribution in [0.15, 0.2) is 24.3 Å². The molecular weight excluding hydrogens is 301 g/mol. The van der Waals surface area contributed by atoms with Crippen LogP contribution >= 0.6 is 11.8 Å². The zero-order valence-electron chi connectivity index (χ0n) is 12.6. The highest BCUT2D eigenvalue weighted by Gasteiger charge is 2.41. The number of aliphatic hydroxyl groups is 1. The number of hydrogen-bond donors (Lipinski definition) is 1. The second-order valence-corrected chi connectivity index (χ2v) is 7.49. The van der Waals surface area contributed by atoms with Crippen LogP contribution in [-0.2, 0) is 4.79 Å². The number of hydrogen-bond acceptors (Lipinski definition) is 3. The molecule has 3 nitrogen and oxygen atoms in total. The Labute approximate surface area is 134 Å². The van der Waals surface area contributed by atoms with Gasteiger partial charge in [0.2, 0.25) is 0 Å². The highest BCUT2D eigenvalue weighted by molar-refractivity contribution is 7.99. The van der Waals surface area contributed by atoms with Crippen LogP contribution in [0.1, 0.15) is 37.2 Å². The van der Waals surface area contributed by atoms with Crippen molar-refractivity contribution in [1.82, 2.24) is 4.90 Å². The van der Waals surface area contributed by atoms with Crippen molar-refractivity contribution in [3.8, 4) is 0 Å². The van der Waals surface area contributed by atoms with Gasteiger partial charge < -0.3 is 10.0 Å². The number of carbonyl (C=O) groups is 1. The molecule has 0 bridgehead atoms. The number of amides is 1. The van der Waals surface area contributed by atoms with E-state index in [-0.39, 0.29) is 11.7 Å². The first-order chi connectivity index (χ1) is 10.6. The lowest BCUT2D eigenvalue weighted by atomic mass is 9.87. The predicted molar refractivity (Wildman–Crippen MR) is 86.5 cm³/mol. The average Bonchev–Trinajstić information content (AvgIpc) is 2.56. The van der Waals surface area contributed by atoms with E-state index in [2.05, 4.69) is 0 Å². The van der Waals surface area contributed by atoms with E-state index in [1.54, 1.807) is 11.8 Å². The van der Waals surface area contributed by atoms with E-state index in [0.717, 1.165) is 29.9 Å². The fourth-order valence-corrected chi connectivity index (χ4v) is 4.54. The van der Waals surface area contributed by atoms with Gasteiger partial charge in [-0.2, -0.15) is 11.8 Å². The van der Waals surface area contributed by atoms with Gasteiger partial charge in [-0.1, -0.05) is 12.1 Å². The molecule has 0 aliphatic carbocycles. The normalized spacial score (nSPS) is 22.5. The van der Waals surface area contributed by atoms with Gasteiger partial charge in [0.1, 0.15) is 11.4 Å². The third-order valence-corrected chi connectivity index (χ3v) is 5.83. The fourth-order valence-electron chi connectivity index (χ4n) is 3.37. The lowest BCUT2D eigenvalue weighted by Gasteiger charge is -2.39. The molecule has 0 unspecified atom stereocenters. The van der Waals surface area contributed by atoms with Gasteiger partial charge in [0.25, 0.3) is 5.91 Å². The van der Waals surface area contributed by atoms with E-state index in [1.807, 2.05) is 17.0 Å². The molecule has 1 aromatic rings. The smallest absolute Gasteiger partial charge is 0.254 e. The topological polar surface area (TPSA) is 40.5 Å². The highest BCUT2D eigenvalue weighted by atomic mass is 32.2. The lowest BCUT2D eigenvalue weighted by molar-refractivity contribution is -0.153. The van der Waals surface area contributed by atoms with Crippen LogP contribution in [0.25, 0.3) is 0 Å². The Bertz CT molecular complexity index is 520. The largest absolute Gasteiger partial charge is 0.380 e. The number of thioether (sulfide) groups is 1. The number of nitrogens with zero attached hydrogens (tertiary/aromatic N) is 1. The van der Waals surface area contributed by atoms with E-state index in [9.17, 15) is 14.3 Å². The molecule has 2 aliphatic rings. The van der Waals surface area contributed by atoms with Gasteiger partial charge in [0, 0.05) is 13.1 Å². The molecule has 0 spiro atoms. The summed E-state index contributed by atoms with van der Waals surface area (Å²) in [6.07, 6.45) is 2.88. The van der Waals surface area contributed by atoms with Crippen molar-refractivity contribution in [1.29, 1.82) is 0 Å². The van der Waals surface area contributed by atoms with Crippen LogP contribution in [0.3, 0.4) is 0 Å². The maximum Gasteiger partial charge on any atom is 0.254 e. The minimum Gasteiger partial charge on any atom is -0.380 e. The van der Waals surface area contributed by atoms with Crippen LogP contribution in [0, 0.1) is 5.82 Å². The summed E-state index contributed by atoms with van der Waals surface area (Å²) < 4.78 is 13.0. The molecule has 2 fully saturated rings. The summed E-state index contributed by atoms with van der Waals surface area (Å²) in [5.41, 5.74) is -0.00481. The average molecular weight is 323 g/mol. The van der Waals surface area contributed by atoms with Gasteiger partial charge in [0.05, 0.1) is 0 Å². The van der Waals surface area contributed by atoms with Gasteiger partial charge >= 0.3 is 0 Å². The minimum atomic E-state index is -1.14. The molecule has 2 aliphatic heterocycles. The Kier molecular flexibility index (Phi) is 4.73. The second kappa shape index (κ2) is 6.59. The molecule has 2 heterocycles. The van der Waals surface area contributed by atoms with Gasteiger partial charge in [-0.15, -0.1) is 0 Å². The maximum atomic E-state index is 13.0. The lowest BCUT2D eigenvalue weighted by Crippen LogP contribution is -2.52. The molecule has 1 amide bonds. The Hall–Kier alpha value is -1.07. The van der Waals surface area contributed by atoms with Crippen molar-refractivity contribution < 1.29 is 14.3 Å². The van der Waals surface area contributed by atoms with E-state index in [1.165, 1.54) is 12.1 Å². The molecule has 120 valence electrons. The highest BCUT2D eigenvalue weighted by Crippen LogP contribution is 2.32. The van der Waals surface area contributed by atoms with Crippen molar-refractivity contribution >= 4 is 17.7 Å². The van der Waals surface area contributed by atoms with Crippen LogP contribution in [0.4, 0.5) is 4.39 Å². The summed E-state index contributed by atoms with van der Waals surface area (Å²) in [6, 6.07) is 6.66. The molecule has 22 heavy (non-hydrogen) atoms. The van der Waals surface area contributed by atoms with Crippen molar-refractivity contribution in [2.75, 3.05) is 24.6 Å². The summed E-state index contributed by atoms with van der Waals surface area (Å²) in [4.78, 5) is 14.4. The van der Waals surface area contributed by atoms with Crippen LogP contribution < -0.4 is 0 Å². The molecule has 0 atom stereocenters. The van der Waals surface area contributed by atoms with E-state index < -0.39 is 5.60 Å². The van der Waals surface area contributed by atoms with Crippen LogP contribution in [0.2, 0.25) is 0 Å². The monoisotopic (exact) mass is 323 g/mol. The van der Waals surface area contributed by atoms with E-state index in [0.29, 0.717) is 31.8 Å². The van der Waals surface area contributed by atoms with E-state index >= 15 is 0 Å². The summed E-state index contributed by atoms with van der Waals surface area (Å²) >= 11 is 1.80. The second-order valence-electron chi connectivity index (χ2n) is 6.26. The Morgan fingerprint density at radius 3 is 2.36 bits per heavy atom. The number of rotatable bonds is 2. The fraction of sp³-hybridized carbons (Fsp3) is 0.588. The summed E-state index contributed by atoms with van der Waals surface area (Å²) in [5, 5.41) is 10.6. The van der Waals surface area contributed by atoms with Crippen molar-refractivity contribution in [2.24, 2.45) is 0 Å². The molecule has 1 N–H and O–H groups in total. The number of benzene rings is 1. The third kappa shape index (κ3) is 3.30. The zero-order valence-corrected chi connectivity index (χ0v) is 13.4. The minimum absolute atomic E-state index is 0.0923. The molecule has 0 saturated carbocycles. The first-order valence-corrected chi connectivity index (χ1v) is 9.09. The van der Waals surface area contributed by atoms with Crippen LogP contribution in [0.5, 0.6) is 0 Å². The molecule has 0 aromatic heterocycles.